The Balaban J connectivity index is 2.40. The molecule has 0 unspecified atom stereocenters. The second-order valence-corrected chi connectivity index (χ2v) is 4.17. The van der Waals surface area contributed by atoms with E-state index in [1.54, 1.807) is 12.4 Å². The number of hydrogen-bond donors (Lipinski definition) is 2. The third-order valence-corrected chi connectivity index (χ3v) is 2.69. The lowest BCUT2D eigenvalue weighted by Crippen LogP contribution is -2.10. The molecule has 3 N–H and O–H groups in total. The summed E-state index contributed by atoms with van der Waals surface area (Å²) in [7, 11) is 0. The molecule has 1 aromatic carbocycles. The fourth-order valence-electron chi connectivity index (χ4n) is 1.68. The molecular weight excluding hydrogens is 212 g/mol. The van der Waals surface area contributed by atoms with Crippen molar-refractivity contribution in [2.75, 3.05) is 5.43 Å². The normalized spacial score (nSPS) is 10.6. The lowest BCUT2D eigenvalue weighted by Gasteiger charge is -2.08. The van der Waals surface area contributed by atoms with Crippen LogP contribution in [0.4, 0.5) is 5.82 Å². The molecule has 0 spiro atoms. The summed E-state index contributed by atoms with van der Waals surface area (Å²) in [5, 5.41) is 0. The number of nitrogens with zero attached hydrogens (tertiary/aromatic N) is 2. The molecule has 0 aliphatic rings. The lowest BCUT2D eigenvalue weighted by molar-refractivity contribution is 0.867. The van der Waals surface area contributed by atoms with Crippen LogP contribution in [0.25, 0.3) is 11.3 Å². The zero-order chi connectivity index (χ0) is 12.3. The zero-order valence-electron chi connectivity index (χ0n) is 10.0. The van der Waals surface area contributed by atoms with Gasteiger partial charge in [-0.25, -0.2) is 10.8 Å². The molecule has 1 aromatic heterocycles. The summed E-state index contributed by atoms with van der Waals surface area (Å²) >= 11 is 0. The number of nitrogens with two attached hydrogens (primary N) is 1. The highest BCUT2D eigenvalue weighted by atomic mass is 15.3. The average Bonchev–Trinajstić information content (AvgIpc) is 2.39. The van der Waals surface area contributed by atoms with Crippen LogP contribution in [-0.4, -0.2) is 9.97 Å². The van der Waals surface area contributed by atoms with Crippen molar-refractivity contribution < 1.29 is 0 Å². The van der Waals surface area contributed by atoms with E-state index in [0.717, 1.165) is 11.3 Å². The minimum Gasteiger partial charge on any atom is -0.307 e. The molecule has 0 aliphatic heterocycles. The Hall–Kier alpha value is -1.94. The first-order chi connectivity index (χ1) is 8.22. The molecule has 2 rings (SSSR count). The molecule has 0 atom stereocenters. The smallest absolute Gasteiger partial charge is 0.166 e. The van der Waals surface area contributed by atoms with Crippen LogP contribution in [0.3, 0.4) is 0 Å². The predicted molar refractivity (Wildman–Crippen MR) is 69.4 cm³/mol. The number of aromatic nitrogens is 2. The fraction of sp³-hybridized carbons (Fsp3) is 0.231. The second-order valence-electron chi connectivity index (χ2n) is 4.17. The van der Waals surface area contributed by atoms with Crippen LogP contribution in [-0.2, 0) is 0 Å². The predicted octanol–water partition coefficient (Wildman–Crippen LogP) is 2.55. The maximum Gasteiger partial charge on any atom is 0.166 e. The second kappa shape index (κ2) is 4.93. The maximum absolute atomic E-state index is 5.41. The van der Waals surface area contributed by atoms with Crippen LogP contribution in [0.2, 0.25) is 0 Å². The van der Waals surface area contributed by atoms with Crippen LogP contribution < -0.4 is 11.3 Å². The van der Waals surface area contributed by atoms with Crippen molar-refractivity contribution in [1.29, 1.82) is 0 Å². The Morgan fingerprint density at radius 3 is 2.29 bits per heavy atom. The van der Waals surface area contributed by atoms with Gasteiger partial charge in [0.1, 0.15) is 5.69 Å². The van der Waals surface area contributed by atoms with Gasteiger partial charge in [0.05, 0.1) is 0 Å². The summed E-state index contributed by atoms with van der Waals surface area (Å²) in [6.07, 6.45) is 3.27. The summed E-state index contributed by atoms with van der Waals surface area (Å²) < 4.78 is 0. The first kappa shape index (κ1) is 11.5. The summed E-state index contributed by atoms with van der Waals surface area (Å²) in [5.74, 6) is 6.53. The number of nitrogen functional groups attached to an aromatic ring is 1. The van der Waals surface area contributed by atoms with Crippen LogP contribution in [0.1, 0.15) is 25.3 Å². The molecule has 2 aromatic rings. The topological polar surface area (TPSA) is 63.8 Å². The van der Waals surface area contributed by atoms with Crippen LogP contribution in [0, 0.1) is 0 Å². The molecular formula is C13H16N4. The Bertz CT molecular complexity index is 491. The van der Waals surface area contributed by atoms with Crippen LogP contribution in [0.15, 0.2) is 36.7 Å². The van der Waals surface area contributed by atoms with Crippen molar-refractivity contribution in [3.63, 3.8) is 0 Å². The average molecular weight is 228 g/mol. The lowest BCUT2D eigenvalue weighted by atomic mass is 10.0. The molecule has 17 heavy (non-hydrogen) atoms. The van der Waals surface area contributed by atoms with E-state index in [0.29, 0.717) is 11.7 Å². The molecule has 1 heterocycles. The van der Waals surface area contributed by atoms with Crippen molar-refractivity contribution in [2.45, 2.75) is 19.8 Å². The van der Waals surface area contributed by atoms with Gasteiger partial charge < -0.3 is 5.43 Å². The van der Waals surface area contributed by atoms with Crippen molar-refractivity contribution in [2.24, 2.45) is 5.84 Å². The quantitative estimate of drug-likeness (QED) is 0.626. The molecule has 0 radical (unpaired) electrons. The first-order valence-corrected chi connectivity index (χ1v) is 5.60. The summed E-state index contributed by atoms with van der Waals surface area (Å²) in [4.78, 5) is 8.42. The van der Waals surface area contributed by atoms with Crippen LogP contribution in [0.5, 0.6) is 0 Å². The Morgan fingerprint density at radius 2 is 1.71 bits per heavy atom. The SMILES string of the molecule is CC(C)c1ccc(-c2nccnc2NN)cc1. The molecule has 0 fully saturated rings. The maximum atomic E-state index is 5.41. The standard InChI is InChI=1S/C13H16N4/c1-9(2)10-3-5-11(6-4-10)12-13(17-14)16-8-7-15-12/h3-9H,14H2,1-2H3,(H,16,17). The van der Waals surface area contributed by atoms with Gasteiger partial charge >= 0.3 is 0 Å². The van der Waals surface area contributed by atoms with E-state index in [1.807, 2.05) is 12.1 Å². The number of hydrazine groups is 1. The fourth-order valence-corrected chi connectivity index (χ4v) is 1.68. The summed E-state index contributed by atoms with van der Waals surface area (Å²) in [5.41, 5.74) is 5.64. The molecule has 0 amide bonds. The molecule has 0 aliphatic carbocycles. The summed E-state index contributed by atoms with van der Waals surface area (Å²) in [6.45, 7) is 4.34. The van der Waals surface area contributed by atoms with Gasteiger partial charge in [-0.15, -0.1) is 0 Å². The molecule has 88 valence electrons. The number of rotatable bonds is 3. The van der Waals surface area contributed by atoms with Gasteiger partial charge in [0, 0.05) is 18.0 Å². The Morgan fingerprint density at radius 1 is 1.06 bits per heavy atom. The molecule has 4 heteroatoms. The van der Waals surface area contributed by atoms with Crippen molar-refractivity contribution in [3.8, 4) is 11.3 Å². The van der Waals surface area contributed by atoms with Crippen molar-refractivity contribution in [1.82, 2.24) is 9.97 Å². The number of hydrogen-bond acceptors (Lipinski definition) is 4. The number of nitrogens with one attached hydrogen (secondary N) is 1. The van der Waals surface area contributed by atoms with E-state index in [2.05, 4.69) is 41.4 Å². The van der Waals surface area contributed by atoms with Crippen LogP contribution >= 0.6 is 0 Å². The first-order valence-electron chi connectivity index (χ1n) is 5.60. The van der Waals surface area contributed by atoms with E-state index in [1.165, 1.54) is 5.56 Å². The van der Waals surface area contributed by atoms with E-state index < -0.39 is 0 Å². The van der Waals surface area contributed by atoms with E-state index in [-0.39, 0.29) is 0 Å². The van der Waals surface area contributed by atoms with Gasteiger partial charge in [0.25, 0.3) is 0 Å². The van der Waals surface area contributed by atoms with Gasteiger partial charge in [-0.05, 0) is 11.5 Å². The van der Waals surface area contributed by atoms with Gasteiger partial charge in [-0.2, -0.15) is 0 Å². The van der Waals surface area contributed by atoms with Crippen molar-refractivity contribution >= 4 is 5.82 Å². The molecule has 0 saturated heterocycles. The molecule has 4 nitrogen and oxygen atoms in total. The zero-order valence-corrected chi connectivity index (χ0v) is 10.0. The number of anilines is 1. The highest BCUT2D eigenvalue weighted by Crippen LogP contribution is 2.24. The third kappa shape index (κ3) is 2.42. The van der Waals surface area contributed by atoms with E-state index in [4.69, 9.17) is 5.84 Å². The van der Waals surface area contributed by atoms with Gasteiger partial charge in [-0.1, -0.05) is 38.1 Å². The van der Waals surface area contributed by atoms with Gasteiger partial charge in [0.15, 0.2) is 5.82 Å². The van der Waals surface area contributed by atoms with E-state index in [9.17, 15) is 0 Å². The highest BCUT2D eigenvalue weighted by Gasteiger charge is 2.07. The Kier molecular flexibility index (Phi) is 3.35. The summed E-state index contributed by atoms with van der Waals surface area (Å²) in [6, 6.07) is 8.30. The Labute approximate surface area is 101 Å². The third-order valence-electron chi connectivity index (χ3n) is 2.69. The molecule has 0 saturated carbocycles. The monoisotopic (exact) mass is 228 g/mol. The highest BCUT2D eigenvalue weighted by molar-refractivity contribution is 5.70. The molecule has 0 bridgehead atoms. The van der Waals surface area contributed by atoms with Crippen molar-refractivity contribution in [3.05, 3.63) is 42.2 Å². The van der Waals surface area contributed by atoms with Gasteiger partial charge in [-0.3, -0.25) is 4.98 Å². The van der Waals surface area contributed by atoms with Gasteiger partial charge in [0.2, 0.25) is 0 Å². The van der Waals surface area contributed by atoms with E-state index >= 15 is 0 Å². The number of benzene rings is 1. The minimum atomic E-state index is 0.526. The largest absolute Gasteiger partial charge is 0.307 e. The minimum absolute atomic E-state index is 0.526.